The zero-order valence-corrected chi connectivity index (χ0v) is 13.0. The minimum Gasteiger partial charge on any atom is -0.396 e. The number of aliphatic hydroxyl groups is 1. The highest BCUT2D eigenvalue weighted by atomic mass is 32.2. The van der Waals surface area contributed by atoms with Gasteiger partial charge in [-0.15, -0.1) is 23.5 Å². The largest absolute Gasteiger partial charge is 0.396 e. The molecule has 0 aliphatic heterocycles. The molecule has 0 atom stereocenters. The summed E-state index contributed by atoms with van der Waals surface area (Å²) >= 11 is 3.97. The Hall–Kier alpha value is 0.400. The molecule has 0 radical (unpaired) electrons. The quantitative estimate of drug-likeness (QED) is 0.503. The Labute approximate surface area is 116 Å². The number of thioether (sulfide) groups is 2. The van der Waals surface area contributed by atoms with Gasteiger partial charge in [-0.25, -0.2) is 0 Å². The third-order valence-corrected chi connectivity index (χ3v) is 4.76. The molecule has 0 rings (SSSR count). The molecule has 0 saturated carbocycles. The zero-order chi connectivity index (χ0) is 12.8. The van der Waals surface area contributed by atoms with E-state index in [0.717, 1.165) is 19.3 Å². The Morgan fingerprint density at radius 2 is 1.71 bits per heavy atom. The summed E-state index contributed by atoms with van der Waals surface area (Å²) in [6.45, 7) is 4.81. The van der Waals surface area contributed by atoms with Gasteiger partial charge in [0.25, 0.3) is 0 Å². The van der Waals surface area contributed by atoms with E-state index >= 15 is 0 Å². The monoisotopic (exact) mass is 276 g/mol. The van der Waals surface area contributed by atoms with Crippen molar-refractivity contribution in [3.8, 4) is 0 Å². The molecule has 1 N–H and O–H groups in total. The molecule has 0 aliphatic rings. The standard InChI is InChI=1S/C14H28OS2/c1-3-5-11-16-13-14(9-7-8-10-15)17-12-6-4-2/h13,15H,3-12H2,1-2H3/b14-13-. The topological polar surface area (TPSA) is 20.2 Å². The van der Waals surface area contributed by atoms with Crippen molar-refractivity contribution in [2.75, 3.05) is 18.1 Å². The van der Waals surface area contributed by atoms with E-state index < -0.39 is 0 Å². The molecule has 1 nitrogen and oxygen atoms in total. The second-order valence-corrected chi connectivity index (χ2v) is 6.39. The molecule has 0 unspecified atom stereocenters. The van der Waals surface area contributed by atoms with Gasteiger partial charge in [0.05, 0.1) is 0 Å². The summed E-state index contributed by atoms with van der Waals surface area (Å²) in [5.41, 5.74) is 0. The number of hydrogen-bond acceptors (Lipinski definition) is 3. The Kier molecular flexibility index (Phi) is 14.8. The lowest BCUT2D eigenvalue weighted by atomic mass is 10.2. The van der Waals surface area contributed by atoms with Crippen LogP contribution < -0.4 is 0 Å². The van der Waals surface area contributed by atoms with Crippen LogP contribution in [0.3, 0.4) is 0 Å². The summed E-state index contributed by atoms with van der Waals surface area (Å²) in [5.74, 6) is 2.49. The fraction of sp³-hybridized carbons (Fsp3) is 0.857. The number of allylic oxidation sites excluding steroid dienone is 1. The first-order valence-corrected chi connectivity index (χ1v) is 8.92. The Morgan fingerprint density at radius 1 is 1.00 bits per heavy atom. The highest BCUT2D eigenvalue weighted by Crippen LogP contribution is 2.26. The minimum atomic E-state index is 0.329. The fourth-order valence-electron chi connectivity index (χ4n) is 1.30. The molecule has 102 valence electrons. The lowest BCUT2D eigenvalue weighted by molar-refractivity contribution is 0.285. The van der Waals surface area contributed by atoms with Gasteiger partial charge in [-0.2, -0.15) is 0 Å². The normalized spacial score (nSPS) is 12.1. The molecule has 0 fully saturated rings. The number of aliphatic hydroxyl groups excluding tert-OH is 1. The van der Waals surface area contributed by atoms with Crippen LogP contribution in [0.4, 0.5) is 0 Å². The summed E-state index contributed by atoms with van der Waals surface area (Å²) < 4.78 is 0. The van der Waals surface area contributed by atoms with Crippen molar-refractivity contribution in [1.29, 1.82) is 0 Å². The molecule has 0 saturated heterocycles. The minimum absolute atomic E-state index is 0.329. The molecule has 17 heavy (non-hydrogen) atoms. The predicted octanol–water partition coefficient (Wildman–Crippen LogP) is 5.06. The number of unbranched alkanes of at least 4 members (excludes halogenated alkanes) is 3. The van der Waals surface area contributed by atoms with Gasteiger partial charge in [0, 0.05) is 6.61 Å². The zero-order valence-electron chi connectivity index (χ0n) is 11.4. The van der Waals surface area contributed by atoms with E-state index in [9.17, 15) is 0 Å². The molecule has 0 aromatic heterocycles. The van der Waals surface area contributed by atoms with Crippen molar-refractivity contribution in [2.24, 2.45) is 0 Å². The van der Waals surface area contributed by atoms with E-state index in [4.69, 9.17) is 5.11 Å². The van der Waals surface area contributed by atoms with Crippen LogP contribution in [0.25, 0.3) is 0 Å². The maximum Gasteiger partial charge on any atom is 0.0431 e. The molecule has 3 heteroatoms. The highest BCUT2D eigenvalue weighted by molar-refractivity contribution is 8.06. The van der Waals surface area contributed by atoms with E-state index in [2.05, 4.69) is 19.3 Å². The van der Waals surface area contributed by atoms with E-state index in [1.165, 1.54) is 42.1 Å². The summed E-state index contributed by atoms with van der Waals surface area (Å²) in [4.78, 5) is 1.52. The van der Waals surface area contributed by atoms with Crippen molar-refractivity contribution in [3.05, 3.63) is 10.3 Å². The van der Waals surface area contributed by atoms with Crippen molar-refractivity contribution in [3.63, 3.8) is 0 Å². The number of hydrogen-bond donors (Lipinski definition) is 1. The predicted molar refractivity (Wildman–Crippen MR) is 83.8 cm³/mol. The molecular formula is C14H28OS2. The van der Waals surface area contributed by atoms with Crippen molar-refractivity contribution in [2.45, 2.75) is 58.8 Å². The summed E-state index contributed by atoms with van der Waals surface area (Å²) in [6.07, 6.45) is 8.38. The van der Waals surface area contributed by atoms with Gasteiger partial charge in [-0.3, -0.25) is 0 Å². The lowest BCUT2D eigenvalue weighted by Gasteiger charge is -2.06. The van der Waals surface area contributed by atoms with Crippen molar-refractivity contribution in [1.82, 2.24) is 0 Å². The number of rotatable bonds is 12. The maximum atomic E-state index is 8.81. The molecule has 0 aliphatic carbocycles. The Bertz CT molecular complexity index is 169. The smallest absolute Gasteiger partial charge is 0.0431 e. The maximum absolute atomic E-state index is 8.81. The summed E-state index contributed by atoms with van der Waals surface area (Å²) in [5, 5.41) is 11.2. The van der Waals surface area contributed by atoms with Crippen LogP contribution in [-0.2, 0) is 0 Å². The van der Waals surface area contributed by atoms with Crippen molar-refractivity contribution < 1.29 is 5.11 Å². The lowest BCUT2D eigenvalue weighted by Crippen LogP contribution is -1.87. The van der Waals surface area contributed by atoms with Crippen LogP contribution >= 0.6 is 23.5 Å². The third kappa shape index (κ3) is 12.6. The van der Waals surface area contributed by atoms with E-state index in [1.54, 1.807) is 0 Å². The molecule has 0 aromatic carbocycles. The van der Waals surface area contributed by atoms with Gasteiger partial charge in [-0.05, 0) is 53.9 Å². The van der Waals surface area contributed by atoms with Crippen LogP contribution in [0.15, 0.2) is 10.3 Å². The van der Waals surface area contributed by atoms with Crippen LogP contribution in [0.1, 0.15) is 58.8 Å². The van der Waals surface area contributed by atoms with E-state index in [1.807, 2.05) is 23.5 Å². The Morgan fingerprint density at radius 3 is 2.35 bits per heavy atom. The van der Waals surface area contributed by atoms with Crippen LogP contribution in [0.5, 0.6) is 0 Å². The van der Waals surface area contributed by atoms with Gasteiger partial charge in [0.1, 0.15) is 0 Å². The van der Waals surface area contributed by atoms with Crippen LogP contribution in [0.2, 0.25) is 0 Å². The highest BCUT2D eigenvalue weighted by Gasteiger charge is 1.99. The van der Waals surface area contributed by atoms with E-state index in [0.29, 0.717) is 6.61 Å². The first kappa shape index (κ1) is 17.4. The average Bonchev–Trinajstić information content (AvgIpc) is 2.34. The molecular weight excluding hydrogens is 248 g/mol. The molecule has 0 bridgehead atoms. The van der Waals surface area contributed by atoms with Crippen LogP contribution in [0, 0.1) is 0 Å². The van der Waals surface area contributed by atoms with Crippen LogP contribution in [-0.4, -0.2) is 23.2 Å². The molecule has 0 heterocycles. The third-order valence-electron chi connectivity index (χ3n) is 2.45. The van der Waals surface area contributed by atoms with Gasteiger partial charge in [0.2, 0.25) is 0 Å². The fourth-order valence-corrected chi connectivity index (χ4v) is 3.64. The molecule has 0 spiro atoms. The summed E-state index contributed by atoms with van der Waals surface area (Å²) in [6, 6.07) is 0. The Balaban J connectivity index is 3.81. The van der Waals surface area contributed by atoms with Crippen molar-refractivity contribution >= 4 is 23.5 Å². The first-order chi connectivity index (χ1) is 8.35. The molecule has 0 amide bonds. The molecule has 0 aromatic rings. The van der Waals surface area contributed by atoms with Gasteiger partial charge >= 0.3 is 0 Å². The second kappa shape index (κ2) is 14.5. The SMILES string of the molecule is CCCCS/C=C(/CCCCO)SCCCC. The first-order valence-electron chi connectivity index (χ1n) is 6.89. The van der Waals surface area contributed by atoms with Gasteiger partial charge < -0.3 is 5.11 Å². The second-order valence-electron chi connectivity index (χ2n) is 4.19. The summed E-state index contributed by atoms with van der Waals surface area (Å²) in [7, 11) is 0. The van der Waals surface area contributed by atoms with Gasteiger partial charge in [0.15, 0.2) is 0 Å². The van der Waals surface area contributed by atoms with E-state index in [-0.39, 0.29) is 0 Å². The van der Waals surface area contributed by atoms with Gasteiger partial charge in [-0.1, -0.05) is 26.7 Å². The average molecular weight is 277 g/mol.